The fraction of sp³-hybridized carbons (Fsp3) is 0.562. The van der Waals surface area contributed by atoms with E-state index in [1.807, 2.05) is 31.2 Å². The lowest BCUT2D eigenvalue weighted by Crippen LogP contribution is -2.49. The van der Waals surface area contributed by atoms with Crippen molar-refractivity contribution in [2.75, 3.05) is 26.3 Å². The van der Waals surface area contributed by atoms with Crippen LogP contribution in [-0.4, -0.2) is 38.3 Å². The van der Waals surface area contributed by atoms with E-state index >= 15 is 0 Å². The second-order valence-corrected chi connectivity index (χ2v) is 5.34. The van der Waals surface area contributed by atoms with E-state index in [2.05, 4.69) is 17.6 Å². The fourth-order valence-corrected chi connectivity index (χ4v) is 2.42. The van der Waals surface area contributed by atoms with Crippen molar-refractivity contribution in [1.29, 1.82) is 0 Å². The molecule has 2 N–H and O–H groups in total. The maximum Gasteiger partial charge on any atom is 0.258 e. The maximum atomic E-state index is 11.9. The van der Waals surface area contributed by atoms with Crippen molar-refractivity contribution in [1.82, 2.24) is 10.6 Å². The standard InChI is InChI=1S/C16H24N2O3.ClH/c1-3-20-13-4-6-14(7-5-13)21-11-16(19)18-15-8-9-17-10-12(15)2;/h4-7,12,15,17H,3,8-11H2,1-2H3,(H,18,19);1H. The van der Waals surface area contributed by atoms with Gasteiger partial charge in [0.1, 0.15) is 11.5 Å². The first-order valence-electron chi connectivity index (χ1n) is 7.54. The summed E-state index contributed by atoms with van der Waals surface area (Å²) in [6.07, 6.45) is 0.968. The summed E-state index contributed by atoms with van der Waals surface area (Å²) in [5.41, 5.74) is 0. The Morgan fingerprint density at radius 1 is 1.27 bits per heavy atom. The van der Waals surface area contributed by atoms with Crippen LogP contribution in [0.5, 0.6) is 11.5 Å². The Bertz CT molecular complexity index is 453. The quantitative estimate of drug-likeness (QED) is 0.838. The zero-order valence-electron chi connectivity index (χ0n) is 13.1. The molecule has 6 heteroatoms. The molecule has 1 fully saturated rings. The van der Waals surface area contributed by atoms with Gasteiger partial charge in [-0.25, -0.2) is 0 Å². The topological polar surface area (TPSA) is 59.6 Å². The lowest BCUT2D eigenvalue weighted by Gasteiger charge is -2.30. The molecule has 2 rings (SSSR count). The van der Waals surface area contributed by atoms with Crippen molar-refractivity contribution in [3.8, 4) is 11.5 Å². The number of hydrogen-bond donors (Lipinski definition) is 2. The Morgan fingerprint density at radius 2 is 1.91 bits per heavy atom. The van der Waals surface area contributed by atoms with Gasteiger partial charge in [-0.15, -0.1) is 12.4 Å². The number of nitrogens with one attached hydrogen (secondary N) is 2. The highest BCUT2D eigenvalue weighted by atomic mass is 35.5. The Labute approximate surface area is 138 Å². The number of ether oxygens (including phenoxy) is 2. The van der Waals surface area contributed by atoms with Gasteiger partial charge in [-0.3, -0.25) is 4.79 Å². The van der Waals surface area contributed by atoms with Crippen molar-refractivity contribution in [2.24, 2.45) is 5.92 Å². The number of benzene rings is 1. The van der Waals surface area contributed by atoms with Gasteiger partial charge in [0.15, 0.2) is 6.61 Å². The van der Waals surface area contributed by atoms with Crippen molar-refractivity contribution in [3.05, 3.63) is 24.3 Å². The molecule has 0 spiro atoms. The van der Waals surface area contributed by atoms with Crippen LogP contribution in [0.1, 0.15) is 20.3 Å². The highest BCUT2D eigenvalue weighted by molar-refractivity contribution is 5.85. The summed E-state index contributed by atoms with van der Waals surface area (Å²) in [5.74, 6) is 1.86. The summed E-state index contributed by atoms with van der Waals surface area (Å²) in [4.78, 5) is 11.9. The lowest BCUT2D eigenvalue weighted by molar-refractivity contribution is -0.124. The number of piperidine rings is 1. The van der Waals surface area contributed by atoms with Gasteiger partial charge in [0.05, 0.1) is 6.61 Å². The predicted molar refractivity (Wildman–Crippen MR) is 88.9 cm³/mol. The van der Waals surface area contributed by atoms with E-state index in [1.165, 1.54) is 0 Å². The Morgan fingerprint density at radius 3 is 2.50 bits per heavy atom. The average Bonchev–Trinajstić information content (AvgIpc) is 2.49. The van der Waals surface area contributed by atoms with E-state index in [9.17, 15) is 4.79 Å². The molecule has 1 amide bonds. The molecule has 22 heavy (non-hydrogen) atoms. The number of carbonyl (C=O) groups excluding carboxylic acids is 1. The van der Waals surface area contributed by atoms with Crippen molar-refractivity contribution < 1.29 is 14.3 Å². The monoisotopic (exact) mass is 328 g/mol. The predicted octanol–water partition coefficient (Wildman–Crippen LogP) is 2.00. The normalized spacial score (nSPS) is 20.6. The van der Waals surface area contributed by atoms with Crippen molar-refractivity contribution in [3.63, 3.8) is 0 Å². The molecule has 0 saturated carbocycles. The van der Waals surface area contributed by atoms with Gasteiger partial charge < -0.3 is 20.1 Å². The van der Waals surface area contributed by atoms with Crippen LogP contribution in [0, 0.1) is 5.92 Å². The zero-order valence-corrected chi connectivity index (χ0v) is 13.9. The van der Waals surface area contributed by atoms with Crippen LogP contribution >= 0.6 is 12.4 Å². The minimum atomic E-state index is -0.0670. The fourth-order valence-electron chi connectivity index (χ4n) is 2.42. The Kier molecular flexibility index (Phi) is 8.06. The van der Waals surface area contributed by atoms with Gasteiger partial charge in [-0.1, -0.05) is 6.92 Å². The molecular weight excluding hydrogens is 304 g/mol. The molecule has 1 heterocycles. The molecular formula is C16H25ClN2O3. The third-order valence-electron chi connectivity index (χ3n) is 3.64. The molecule has 124 valence electrons. The highest BCUT2D eigenvalue weighted by Crippen LogP contribution is 2.17. The van der Waals surface area contributed by atoms with Gasteiger partial charge in [0.2, 0.25) is 0 Å². The van der Waals surface area contributed by atoms with Crippen LogP contribution < -0.4 is 20.1 Å². The largest absolute Gasteiger partial charge is 0.494 e. The minimum Gasteiger partial charge on any atom is -0.494 e. The van der Waals surface area contributed by atoms with E-state index in [4.69, 9.17) is 9.47 Å². The molecule has 0 aliphatic carbocycles. The molecule has 1 aliphatic rings. The smallest absolute Gasteiger partial charge is 0.258 e. The van der Waals surface area contributed by atoms with Gasteiger partial charge >= 0.3 is 0 Å². The van der Waals surface area contributed by atoms with Crippen LogP contribution in [0.25, 0.3) is 0 Å². The molecule has 0 radical (unpaired) electrons. The van der Waals surface area contributed by atoms with Gasteiger partial charge in [-0.05, 0) is 56.6 Å². The van der Waals surface area contributed by atoms with Crippen molar-refractivity contribution >= 4 is 18.3 Å². The van der Waals surface area contributed by atoms with Crippen LogP contribution in [0.15, 0.2) is 24.3 Å². The first-order valence-corrected chi connectivity index (χ1v) is 7.54. The second-order valence-electron chi connectivity index (χ2n) is 5.34. The number of rotatable bonds is 6. The highest BCUT2D eigenvalue weighted by Gasteiger charge is 2.22. The van der Waals surface area contributed by atoms with E-state index in [-0.39, 0.29) is 31.0 Å². The average molecular weight is 329 g/mol. The van der Waals surface area contributed by atoms with E-state index in [0.717, 1.165) is 25.3 Å². The van der Waals surface area contributed by atoms with Crippen LogP contribution in [-0.2, 0) is 4.79 Å². The molecule has 5 nitrogen and oxygen atoms in total. The molecule has 1 aromatic carbocycles. The second kappa shape index (κ2) is 9.54. The molecule has 0 aromatic heterocycles. The molecule has 1 saturated heterocycles. The first kappa shape index (κ1) is 18.6. The summed E-state index contributed by atoms with van der Waals surface area (Å²) >= 11 is 0. The SMILES string of the molecule is CCOc1ccc(OCC(=O)NC2CCNCC2C)cc1.Cl. The van der Waals surface area contributed by atoms with Gasteiger partial charge in [0.25, 0.3) is 5.91 Å². The summed E-state index contributed by atoms with van der Waals surface area (Å²) in [6.45, 7) is 6.67. The number of hydrogen-bond acceptors (Lipinski definition) is 4. The van der Waals surface area contributed by atoms with Crippen LogP contribution in [0.4, 0.5) is 0 Å². The first-order chi connectivity index (χ1) is 10.2. The molecule has 2 unspecified atom stereocenters. The van der Waals surface area contributed by atoms with E-state index < -0.39 is 0 Å². The molecule has 2 atom stereocenters. The van der Waals surface area contributed by atoms with Gasteiger partial charge in [0, 0.05) is 6.04 Å². The minimum absolute atomic E-state index is 0. The third-order valence-corrected chi connectivity index (χ3v) is 3.64. The third kappa shape index (κ3) is 5.73. The Hall–Kier alpha value is -1.46. The Balaban J connectivity index is 0.00000242. The maximum absolute atomic E-state index is 11.9. The zero-order chi connectivity index (χ0) is 15.1. The van der Waals surface area contributed by atoms with Crippen LogP contribution in [0.3, 0.4) is 0 Å². The molecule has 1 aromatic rings. The van der Waals surface area contributed by atoms with Crippen LogP contribution in [0.2, 0.25) is 0 Å². The number of carbonyl (C=O) groups is 1. The van der Waals surface area contributed by atoms with Crippen molar-refractivity contribution in [2.45, 2.75) is 26.3 Å². The number of amides is 1. The summed E-state index contributed by atoms with van der Waals surface area (Å²) in [7, 11) is 0. The summed E-state index contributed by atoms with van der Waals surface area (Å²) in [5, 5.41) is 6.36. The summed E-state index contributed by atoms with van der Waals surface area (Å²) in [6, 6.07) is 7.54. The summed E-state index contributed by atoms with van der Waals surface area (Å²) < 4.78 is 10.9. The van der Waals surface area contributed by atoms with E-state index in [1.54, 1.807) is 0 Å². The van der Waals surface area contributed by atoms with E-state index in [0.29, 0.717) is 18.3 Å². The lowest BCUT2D eigenvalue weighted by atomic mass is 9.95. The number of halogens is 1. The van der Waals surface area contributed by atoms with Gasteiger partial charge in [-0.2, -0.15) is 0 Å². The molecule has 1 aliphatic heterocycles. The molecule has 0 bridgehead atoms.